The zero-order chi connectivity index (χ0) is 18.9. The molecule has 0 amide bonds. The molecule has 0 spiro atoms. The Balaban J connectivity index is 1.84. The molecule has 0 bridgehead atoms. The number of ether oxygens (including phenoxy) is 2. The number of methoxy groups -OCH3 is 1. The van der Waals surface area contributed by atoms with Crippen LogP contribution in [0, 0.1) is 0 Å². The number of hydrogen-bond acceptors (Lipinski definition) is 6. The van der Waals surface area contributed by atoms with Gasteiger partial charge in [0.05, 0.1) is 13.2 Å². The molecule has 1 aliphatic rings. The zero-order valence-corrected chi connectivity index (χ0v) is 16.4. The molecule has 1 atom stereocenters. The summed E-state index contributed by atoms with van der Waals surface area (Å²) in [5, 5.41) is 19.8. The predicted octanol–water partition coefficient (Wildman–Crippen LogP) is 1.73. The number of hydrogen-bond donors (Lipinski definition) is 2. The van der Waals surface area contributed by atoms with Gasteiger partial charge in [-0.15, -0.1) is 0 Å². The standard InChI is InChI=1S/C20H34N2O4/c1-4-9-21(2)13-16-5-6-19(20(12-16)25-3)26-15-18(24)14-22-10-7-17(23)8-11-22/h5-6,12,17-18,23-24H,4,7-11,13-15H2,1-3H3. The molecule has 1 aromatic carbocycles. The minimum Gasteiger partial charge on any atom is -0.493 e. The number of β-amino-alcohol motifs (C(OH)–C–C–N with tert-alkyl or cyclic N) is 1. The molecule has 148 valence electrons. The molecule has 26 heavy (non-hydrogen) atoms. The van der Waals surface area contributed by atoms with Crippen molar-refractivity contribution in [2.75, 3.05) is 46.9 Å². The topological polar surface area (TPSA) is 65.4 Å². The van der Waals surface area contributed by atoms with Crippen LogP contribution in [0.3, 0.4) is 0 Å². The van der Waals surface area contributed by atoms with Gasteiger partial charge in [0.25, 0.3) is 0 Å². The Morgan fingerprint density at radius 2 is 2.00 bits per heavy atom. The van der Waals surface area contributed by atoms with Crippen molar-refractivity contribution in [3.05, 3.63) is 23.8 Å². The van der Waals surface area contributed by atoms with Crippen LogP contribution >= 0.6 is 0 Å². The highest BCUT2D eigenvalue weighted by molar-refractivity contribution is 5.43. The fraction of sp³-hybridized carbons (Fsp3) is 0.700. The van der Waals surface area contributed by atoms with E-state index < -0.39 is 6.10 Å². The van der Waals surface area contributed by atoms with E-state index in [1.807, 2.05) is 18.2 Å². The molecule has 6 nitrogen and oxygen atoms in total. The lowest BCUT2D eigenvalue weighted by molar-refractivity contribution is 0.0333. The van der Waals surface area contributed by atoms with Gasteiger partial charge < -0.3 is 29.5 Å². The van der Waals surface area contributed by atoms with E-state index in [1.54, 1.807) is 7.11 Å². The first kappa shape index (κ1) is 21.0. The third-order valence-electron chi connectivity index (χ3n) is 4.74. The Morgan fingerprint density at radius 1 is 1.27 bits per heavy atom. The number of aliphatic hydroxyl groups excluding tert-OH is 2. The molecule has 2 rings (SSSR count). The van der Waals surface area contributed by atoms with Crippen molar-refractivity contribution in [2.24, 2.45) is 0 Å². The molecule has 0 aliphatic carbocycles. The van der Waals surface area contributed by atoms with E-state index in [1.165, 1.54) is 5.56 Å². The van der Waals surface area contributed by atoms with Crippen molar-refractivity contribution < 1.29 is 19.7 Å². The van der Waals surface area contributed by atoms with Gasteiger partial charge in [-0.25, -0.2) is 0 Å². The van der Waals surface area contributed by atoms with Crippen LogP contribution in [0.4, 0.5) is 0 Å². The van der Waals surface area contributed by atoms with Crippen LogP contribution in [0.5, 0.6) is 11.5 Å². The van der Waals surface area contributed by atoms with E-state index in [0.717, 1.165) is 45.4 Å². The van der Waals surface area contributed by atoms with Gasteiger partial charge in [0.1, 0.15) is 12.7 Å². The highest BCUT2D eigenvalue weighted by Crippen LogP contribution is 2.28. The molecule has 2 N–H and O–H groups in total. The van der Waals surface area contributed by atoms with Crippen molar-refractivity contribution in [3.8, 4) is 11.5 Å². The normalized spacial score (nSPS) is 17.5. The molecule has 0 aromatic heterocycles. The van der Waals surface area contributed by atoms with Gasteiger partial charge >= 0.3 is 0 Å². The van der Waals surface area contributed by atoms with Gasteiger partial charge in [-0.3, -0.25) is 0 Å². The van der Waals surface area contributed by atoms with Crippen LogP contribution in [0.2, 0.25) is 0 Å². The SMILES string of the molecule is CCCN(C)Cc1ccc(OCC(O)CN2CCC(O)CC2)c(OC)c1. The number of piperidine rings is 1. The van der Waals surface area contributed by atoms with Gasteiger partial charge in [0.15, 0.2) is 11.5 Å². The highest BCUT2D eigenvalue weighted by Gasteiger charge is 2.20. The van der Waals surface area contributed by atoms with E-state index in [2.05, 4.69) is 23.8 Å². The molecule has 6 heteroatoms. The summed E-state index contributed by atoms with van der Waals surface area (Å²) >= 11 is 0. The number of likely N-dealkylation sites (tertiary alicyclic amines) is 1. The third kappa shape index (κ3) is 6.76. The highest BCUT2D eigenvalue weighted by atomic mass is 16.5. The molecule has 0 saturated carbocycles. The Kier molecular flexibility index (Phi) is 8.65. The Morgan fingerprint density at radius 3 is 2.65 bits per heavy atom. The fourth-order valence-corrected chi connectivity index (χ4v) is 3.34. The van der Waals surface area contributed by atoms with Crippen molar-refractivity contribution in [3.63, 3.8) is 0 Å². The maximum Gasteiger partial charge on any atom is 0.161 e. The molecule has 1 heterocycles. The number of aliphatic hydroxyl groups is 2. The second kappa shape index (κ2) is 10.7. The lowest BCUT2D eigenvalue weighted by atomic mass is 10.1. The molecule has 1 unspecified atom stereocenters. The second-order valence-electron chi connectivity index (χ2n) is 7.22. The van der Waals surface area contributed by atoms with Crippen molar-refractivity contribution in [1.29, 1.82) is 0 Å². The number of benzene rings is 1. The molecule has 1 aromatic rings. The third-order valence-corrected chi connectivity index (χ3v) is 4.74. The quantitative estimate of drug-likeness (QED) is 0.658. The van der Waals surface area contributed by atoms with Gasteiger partial charge in [-0.05, 0) is 50.6 Å². The van der Waals surface area contributed by atoms with Gasteiger partial charge in [0, 0.05) is 26.2 Å². The van der Waals surface area contributed by atoms with Crippen LogP contribution in [0.25, 0.3) is 0 Å². The molecule has 0 radical (unpaired) electrons. The average Bonchev–Trinajstić information content (AvgIpc) is 2.62. The summed E-state index contributed by atoms with van der Waals surface area (Å²) in [6.07, 6.45) is 1.91. The summed E-state index contributed by atoms with van der Waals surface area (Å²) < 4.78 is 11.3. The smallest absolute Gasteiger partial charge is 0.161 e. The summed E-state index contributed by atoms with van der Waals surface area (Å²) in [5.41, 5.74) is 1.18. The maximum atomic E-state index is 10.2. The summed E-state index contributed by atoms with van der Waals surface area (Å²) in [6.45, 7) is 6.53. The van der Waals surface area contributed by atoms with Crippen molar-refractivity contribution in [1.82, 2.24) is 9.80 Å². The van der Waals surface area contributed by atoms with Crippen LogP contribution in [0.15, 0.2) is 18.2 Å². The van der Waals surface area contributed by atoms with E-state index in [4.69, 9.17) is 9.47 Å². The predicted molar refractivity (Wildman–Crippen MR) is 103 cm³/mol. The van der Waals surface area contributed by atoms with E-state index in [9.17, 15) is 10.2 Å². The van der Waals surface area contributed by atoms with Crippen LogP contribution in [-0.4, -0.2) is 79.2 Å². The Labute approximate surface area is 157 Å². The van der Waals surface area contributed by atoms with Crippen LogP contribution in [-0.2, 0) is 6.54 Å². The Hall–Kier alpha value is -1.34. The molecular formula is C20H34N2O4. The largest absolute Gasteiger partial charge is 0.493 e. The van der Waals surface area contributed by atoms with Crippen molar-refractivity contribution >= 4 is 0 Å². The van der Waals surface area contributed by atoms with Crippen molar-refractivity contribution in [2.45, 2.75) is 44.9 Å². The summed E-state index contributed by atoms with van der Waals surface area (Å²) in [5.74, 6) is 1.35. The minimum absolute atomic E-state index is 0.196. The van der Waals surface area contributed by atoms with Crippen LogP contribution in [0.1, 0.15) is 31.7 Å². The number of rotatable bonds is 10. The van der Waals surface area contributed by atoms with Crippen LogP contribution < -0.4 is 9.47 Å². The summed E-state index contributed by atoms with van der Waals surface area (Å²) in [6, 6.07) is 5.96. The minimum atomic E-state index is -0.565. The first-order chi connectivity index (χ1) is 12.5. The monoisotopic (exact) mass is 366 g/mol. The molecular weight excluding hydrogens is 332 g/mol. The van der Waals surface area contributed by atoms with E-state index >= 15 is 0 Å². The van der Waals surface area contributed by atoms with E-state index in [-0.39, 0.29) is 12.7 Å². The van der Waals surface area contributed by atoms with E-state index in [0.29, 0.717) is 18.0 Å². The fourth-order valence-electron chi connectivity index (χ4n) is 3.34. The lowest BCUT2D eigenvalue weighted by Gasteiger charge is -2.30. The first-order valence-corrected chi connectivity index (χ1v) is 9.58. The first-order valence-electron chi connectivity index (χ1n) is 9.58. The summed E-state index contributed by atoms with van der Waals surface area (Å²) in [4.78, 5) is 4.44. The van der Waals surface area contributed by atoms with Gasteiger partial charge in [-0.2, -0.15) is 0 Å². The Bertz CT molecular complexity index is 533. The molecule has 1 aliphatic heterocycles. The van der Waals surface area contributed by atoms with Gasteiger partial charge in [-0.1, -0.05) is 13.0 Å². The average molecular weight is 367 g/mol. The zero-order valence-electron chi connectivity index (χ0n) is 16.4. The van der Waals surface area contributed by atoms with Gasteiger partial charge in [0.2, 0.25) is 0 Å². The second-order valence-corrected chi connectivity index (χ2v) is 7.22. The summed E-state index contributed by atoms with van der Waals surface area (Å²) in [7, 11) is 3.74. The lowest BCUT2D eigenvalue weighted by Crippen LogP contribution is -2.41. The number of nitrogens with zero attached hydrogens (tertiary/aromatic N) is 2. The maximum absolute atomic E-state index is 10.2. The molecule has 1 saturated heterocycles. The molecule has 1 fully saturated rings.